The number of aromatic nitrogens is 2. The van der Waals surface area contributed by atoms with Gasteiger partial charge >= 0.3 is 0 Å². The first-order valence-corrected chi connectivity index (χ1v) is 15.5. The summed E-state index contributed by atoms with van der Waals surface area (Å²) in [4.78, 5) is 0. The summed E-state index contributed by atoms with van der Waals surface area (Å²) < 4.78 is 4.81. The lowest BCUT2D eigenvalue weighted by molar-refractivity contribution is 1.11. The number of para-hydroxylation sites is 2. The molecule has 0 saturated heterocycles. The topological polar surface area (TPSA) is 9.86 Å². The molecule has 0 spiro atoms. The van der Waals surface area contributed by atoms with E-state index in [1.54, 1.807) is 0 Å². The summed E-state index contributed by atoms with van der Waals surface area (Å²) in [5, 5.41) is 11.4. The normalized spacial score (nSPS) is 12.1. The van der Waals surface area contributed by atoms with Crippen molar-refractivity contribution >= 4 is 77.2 Å². The predicted molar refractivity (Wildman–Crippen MR) is 195 cm³/mol. The van der Waals surface area contributed by atoms with Gasteiger partial charge in [-0.1, -0.05) is 110 Å². The lowest BCUT2D eigenvalue weighted by atomic mass is 9.94. The zero-order valence-electron chi connectivity index (χ0n) is 25.0. The Morgan fingerprint density at radius 1 is 0.467 bits per heavy atom. The molecule has 2 heteroatoms. The average Bonchev–Trinajstić information content (AvgIpc) is 3.61. The molecule has 0 radical (unpaired) electrons. The van der Waals surface area contributed by atoms with Gasteiger partial charge in [0.2, 0.25) is 0 Å². The van der Waals surface area contributed by atoms with Crippen molar-refractivity contribution in [3.63, 3.8) is 0 Å². The molecule has 2 aromatic heterocycles. The van der Waals surface area contributed by atoms with Gasteiger partial charge in [-0.15, -0.1) is 0 Å². The van der Waals surface area contributed by atoms with E-state index in [1.807, 2.05) is 6.08 Å². The maximum atomic E-state index is 4.35. The van der Waals surface area contributed by atoms with Crippen LogP contribution < -0.4 is 0 Å². The minimum absolute atomic E-state index is 1.14. The molecule has 0 fully saturated rings. The van der Waals surface area contributed by atoms with E-state index in [0.29, 0.717) is 0 Å². The largest absolute Gasteiger partial charge is 0.309 e. The fraction of sp³-hybridized carbons (Fsp3) is 0.0233. The molecule has 2 heterocycles. The third-order valence-corrected chi connectivity index (χ3v) is 9.37. The van der Waals surface area contributed by atoms with Crippen molar-refractivity contribution in [1.29, 1.82) is 0 Å². The van der Waals surface area contributed by atoms with E-state index in [1.165, 1.54) is 65.0 Å². The van der Waals surface area contributed by atoms with Gasteiger partial charge in [-0.25, -0.2) is 0 Å². The summed E-state index contributed by atoms with van der Waals surface area (Å²) in [6, 6.07) is 48.5. The van der Waals surface area contributed by atoms with Crippen molar-refractivity contribution < 1.29 is 0 Å². The lowest BCUT2D eigenvalue weighted by Crippen LogP contribution is -1.98. The van der Waals surface area contributed by atoms with Gasteiger partial charge in [-0.3, -0.25) is 0 Å². The molecule has 0 atom stereocenters. The number of fused-ring (bicyclic) bond motifs is 11. The van der Waals surface area contributed by atoms with Gasteiger partial charge in [-0.2, -0.15) is 0 Å². The number of hydrogen-bond acceptors (Lipinski definition) is 0. The second-order valence-electron chi connectivity index (χ2n) is 11.7. The Labute approximate surface area is 261 Å². The number of nitrogens with zero attached hydrogens (tertiary/aromatic N) is 2. The SMILES string of the molecule is C=Cc1c(/C=C\C)n(-c2ccc3c4ccccc4c4ccccc4c3c2)c2ccc3c(c4ccccc4n3-c3ccccc3)c12. The summed E-state index contributed by atoms with van der Waals surface area (Å²) in [5.41, 5.74) is 8.14. The Hall–Kier alpha value is -5.86. The molecule has 9 rings (SSSR count). The Morgan fingerprint density at radius 3 is 1.67 bits per heavy atom. The zero-order valence-corrected chi connectivity index (χ0v) is 25.0. The van der Waals surface area contributed by atoms with Crippen molar-refractivity contribution in [1.82, 2.24) is 9.13 Å². The van der Waals surface area contributed by atoms with Gasteiger partial charge < -0.3 is 9.13 Å². The molecule has 7 aromatic carbocycles. The molecule has 0 aliphatic rings. The van der Waals surface area contributed by atoms with E-state index in [9.17, 15) is 0 Å². The van der Waals surface area contributed by atoms with Crippen molar-refractivity contribution in [2.24, 2.45) is 0 Å². The fourth-order valence-electron chi connectivity index (χ4n) is 7.58. The molecule has 0 aliphatic heterocycles. The molecule has 0 aliphatic carbocycles. The molecule has 0 N–H and O–H groups in total. The number of rotatable bonds is 4. The van der Waals surface area contributed by atoms with Crippen molar-refractivity contribution in [3.05, 3.63) is 157 Å². The molecular formula is C43H30N2. The zero-order chi connectivity index (χ0) is 30.1. The van der Waals surface area contributed by atoms with Crippen molar-refractivity contribution in [3.8, 4) is 11.4 Å². The van der Waals surface area contributed by atoms with E-state index in [4.69, 9.17) is 0 Å². The van der Waals surface area contributed by atoms with Crippen LogP contribution in [-0.4, -0.2) is 9.13 Å². The number of benzene rings is 7. The van der Waals surface area contributed by atoms with Crippen LogP contribution in [0.4, 0.5) is 0 Å². The highest BCUT2D eigenvalue weighted by molar-refractivity contribution is 6.26. The van der Waals surface area contributed by atoms with E-state index in [2.05, 4.69) is 168 Å². The molecule has 2 nitrogen and oxygen atoms in total. The summed E-state index contributed by atoms with van der Waals surface area (Å²) in [6.07, 6.45) is 6.39. The molecule has 0 saturated carbocycles. The van der Waals surface area contributed by atoms with Gasteiger partial charge in [0.25, 0.3) is 0 Å². The fourth-order valence-corrected chi connectivity index (χ4v) is 7.58. The highest BCUT2D eigenvalue weighted by Gasteiger charge is 2.22. The molecule has 212 valence electrons. The smallest absolute Gasteiger partial charge is 0.0548 e. The summed E-state index contributed by atoms with van der Waals surface area (Å²) >= 11 is 0. The van der Waals surface area contributed by atoms with Crippen LogP contribution in [0.5, 0.6) is 0 Å². The van der Waals surface area contributed by atoms with Crippen LogP contribution in [0.2, 0.25) is 0 Å². The first-order valence-electron chi connectivity index (χ1n) is 15.5. The van der Waals surface area contributed by atoms with Gasteiger partial charge in [-0.05, 0) is 87.8 Å². The Bertz CT molecular complexity index is 2630. The minimum Gasteiger partial charge on any atom is -0.309 e. The second-order valence-corrected chi connectivity index (χ2v) is 11.7. The maximum absolute atomic E-state index is 4.35. The minimum atomic E-state index is 1.14. The van der Waals surface area contributed by atoms with Crippen LogP contribution in [0.1, 0.15) is 18.2 Å². The standard InChI is InChI=1S/C43H30N2/c1-3-14-38-30(4-2)42-40(25-26-41-43(42)36-21-12-13-22-39(36)44(41)28-15-6-5-7-16-28)45(38)29-23-24-35-33-19-9-8-17-31(33)32-18-10-11-20-34(32)37(35)27-29/h3-27H,2H2,1H3/b14-3-. The van der Waals surface area contributed by atoms with Crippen LogP contribution in [0.3, 0.4) is 0 Å². The van der Waals surface area contributed by atoms with Crippen LogP contribution in [0, 0.1) is 0 Å². The lowest BCUT2D eigenvalue weighted by Gasteiger charge is -2.14. The van der Waals surface area contributed by atoms with Crippen LogP contribution >= 0.6 is 0 Å². The van der Waals surface area contributed by atoms with Crippen LogP contribution in [0.15, 0.2) is 146 Å². The number of hydrogen-bond donors (Lipinski definition) is 0. The highest BCUT2D eigenvalue weighted by Crippen LogP contribution is 2.43. The van der Waals surface area contributed by atoms with Gasteiger partial charge in [0, 0.05) is 33.1 Å². The molecular weight excluding hydrogens is 544 g/mol. The summed E-state index contributed by atoms with van der Waals surface area (Å²) in [5.74, 6) is 0. The molecule has 45 heavy (non-hydrogen) atoms. The Kier molecular flexibility index (Phi) is 5.60. The number of allylic oxidation sites excluding steroid dienone is 1. The van der Waals surface area contributed by atoms with E-state index in [0.717, 1.165) is 22.6 Å². The van der Waals surface area contributed by atoms with Crippen molar-refractivity contribution in [2.75, 3.05) is 0 Å². The Morgan fingerprint density at radius 2 is 1.02 bits per heavy atom. The monoisotopic (exact) mass is 574 g/mol. The first-order chi connectivity index (χ1) is 22.3. The van der Waals surface area contributed by atoms with Crippen molar-refractivity contribution in [2.45, 2.75) is 6.92 Å². The van der Waals surface area contributed by atoms with Crippen LogP contribution in [-0.2, 0) is 0 Å². The van der Waals surface area contributed by atoms with E-state index < -0.39 is 0 Å². The third-order valence-electron chi connectivity index (χ3n) is 9.37. The van der Waals surface area contributed by atoms with Gasteiger partial charge in [0.05, 0.1) is 22.2 Å². The molecule has 0 bridgehead atoms. The average molecular weight is 575 g/mol. The molecule has 0 unspecified atom stereocenters. The van der Waals surface area contributed by atoms with Gasteiger partial charge in [0.1, 0.15) is 0 Å². The van der Waals surface area contributed by atoms with E-state index >= 15 is 0 Å². The Balaban J connectivity index is 1.43. The second kappa shape index (κ2) is 9.83. The maximum Gasteiger partial charge on any atom is 0.0548 e. The van der Waals surface area contributed by atoms with Crippen LogP contribution in [0.25, 0.3) is 88.6 Å². The van der Waals surface area contributed by atoms with Gasteiger partial charge in [0.15, 0.2) is 0 Å². The van der Waals surface area contributed by atoms with E-state index in [-0.39, 0.29) is 0 Å². The molecule has 0 amide bonds. The third kappa shape index (κ3) is 3.57. The quantitative estimate of drug-likeness (QED) is 0.185. The molecule has 9 aromatic rings. The highest BCUT2D eigenvalue weighted by atomic mass is 15.0. The predicted octanol–water partition coefficient (Wildman–Crippen LogP) is 11.9. The summed E-state index contributed by atoms with van der Waals surface area (Å²) in [6.45, 7) is 6.44. The first kappa shape index (κ1) is 25.6. The summed E-state index contributed by atoms with van der Waals surface area (Å²) in [7, 11) is 0.